The molecule has 23 heavy (non-hydrogen) atoms. The highest BCUT2D eigenvalue weighted by molar-refractivity contribution is 5.27. The Bertz CT molecular complexity index is 503. The first-order valence-electron chi connectivity index (χ1n) is 9.51. The lowest BCUT2D eigenvalue weighted by Crippen LogP contribution is -2.42. The van der Waals surface area contributed by atoms with Gasteiger partial charge in [-0.05, 0) is 55.9 Å². The van der Waals surface area contributed by atoms with Crippen molar-refractivity contribution in [1.29, 1.82) is 0 Å². The summed E-state index contributed by atoms with van der Waals surface area (Å²) < 4.78 is 0. The number of nitrogens with two attached hydrogens (primary N) is 1. The molecule has 3 fully saturated rings. The first kappa shape index (κ1) is 15.6. The minimum absolute atomic E-state index is 0.453. The quantitative estimate of drug-likeness (QED) is 0.725. The van der Waals surface area contributed by atoms with Gasteiger partial charge in [-0.1, -0.05) is 30.3 Å². The molecule has 0 aromatic heterocycles. The van der Waals surface area contributed by atoms with Gasteiger partial charge in [0.25, 0.3) is 0 Å². The van der Waals surface area contributed by atoms with E-state index in [0.717, 1.165) is 5.92 Å². The fraction of sp³-hybridized carbons (Fsp3) is 0.700. The van der Waals surface area contributed by atoms with Gasteiger partial charge in [-0.3, -0.25) is 0 Å². The Labute approximate surface area is 140 Å². The van der Waals surface area contributed by atoms with Gasteiger partial charge in [0.05, 0.1) is 0 Å². The van der Waals surface area contributed by atoms with Gasteiger partial charge in [-0.25, -0.2) is 0 Å². The number of rotatable bonds is 7. The minimum atomic E-state index is 0.453. The normalized spacial score (nSPS) is 35.0. The molecule has 1 aromatic rings. The molecule has 0 amide bonds. The van der Waals surface area contributed by atoms with Crippen molar-refractivity contribution < 1.29 is 0 Å². The molecule has 0 heterocycles. The second-order valence-corrected chi connectivity index (χ2v) is 8.23. The molecule has 3 aliphatic carbocycles. The smallest absolute Gasteiger partial charge is 0.0143 e. The summed E-state index contributed by atoms with van der Waals surface area (Å²) in [7, 11) is 0. The van der Waals surface area contributed by atoms with Crippen LogP contribution in [0.1, 0.15) is 56.4 Å². The predicted molar refractivity (Wildman–Crippen MR) is 95.5 cm³/mol. The standard InChI is InChI=1S/C20H31N3/c21-16-6-8-17(9-7-16)22-13-20(10-11-20)14-23-19-12-18(19)15-4-2-1-3-5-15/h1-5,16-19,22-23H,6-14,21H2/t16?,17?,18-,19?/m1/s1. The van der Waals surface area contributed by atoms with E-state index in [0.29, 0.717) is 23.5 Å². The van der Waals surface area contributed by atoms with Gasteiger partial charge in [-0.15, -0.1) is 0 Å². The summed E-state index contributed by atoms with van der Waals surface area (Å²) in [5, 5.41) is 7.68. The lowest BCUT2D eigenvalue weighted by molar-refractivity contribution is 0.312. The molecule has 0 saturated heterocycles. The second-order valence-electron chi connectivity index (χ2n) is 8.23. The third-order valence-corrected chi connectivity index (χ3v) is 6.25. The summed E-state index contributed by atoms with van der Waals surface area (Å²) >= 11 is 0. The van der Waals surface area contributed by atoms with Crippen molar-refractivity contribution >= 4 is 0 Å². The highest BCUT2D eigenvalue weighted by Gasteiger charge is 2.45. The fourth-order valence-electron chi connectivity index (χ4n) is 4.11. The van der Waals surface area contributed by atoms with E-state index in [1.165, 1.54) is 63.6 Å². The number of nitrogens with one attached hydrogen (secondary N) is 2. The molecule has 3 nitrogen and oxygen atoms in total. The van der Waals surface area contributed by atoms with Crippen LogP contribution < -0.4 is 16.4 Å². The molecular formula is C20H31N3. The van der Waals surface area contributed by atoms with E-state index >= 15 is 0 Å². The maximum absolute atomic E-state index is 6.00. The van der Waals surface area contributed by atoms with Gasteiger partial charge >= 0.3 is 0 Å². The van der Waals surface area contributed by atoms with Crippen molar-refractivity contribution in [3.63, 3.8) is 0 Å². The summed E-state index contributed by atoms with van der Waals surface area (Å²) in [6.07, 6.45) is 9.03. The summed E-state index contributed by atoms with van der Waals surface area (Å²) in [6.45, 7) is 2.39. The fourth-order valence-corrected chi connectivity index (χ4v) is 4.11. The molecule has 126 valence electrons. The Hall–Kier alpha value is -0.900. The van der Waals surface area contributed by atoms with Gasteiger partial charge in [0.1, 0.15) is 0 Å². The van der Waals surface area contributed by atoms with Crippen molar-refractivity contribution in [2.24, 2.45) is 11.1 Å². The van der Waals surface area contributed by atoms with Crippen LogP contribution in [0.2, 0.25) is 0 Å². The molecule has 4 rings (SSSR count). The first-order chi connectivity index (χ1) is 11.2. The lowest BCUT2D eigenvalue weighted by atomic mass is 9.91. The van der Waals surface area contributed by atoms with Crippen molar-refractivity contribution in [3.05, 3.63) is 35.9 Å². The van der Waals surface area contributed by atoms with Gasteiger partial charge in [-0.2, -0.15) is 0 Å². The van der Waals surface area contributed by atoms with Crippen LogP contribution in [0.3, 0.4) is 0 Å². The predicted octanol–water partition coefficient (Wildman–Crippen LogP) is 2.77. The Morgan fingerprint density at radius 2 is 1.65 bits per heavy atom. The molecular weight excluding hydrogens is 282 g/mol. The van der Waals surface area contributed by atoms with Crippen LogP contribution in [0.25, 0.3) is 0 Å². The van der Waals surface area contributed by atoms with Crippen LogP contribution in [0.5, 0.6) is 0 Å². The van der Waals surface area contributed by atoms with E-state index in [9.17, 15) is 0 Å². The van der Waals surface area contributed by atoms with E-state index in [4.69, 9.17) is 5.73 Å². The summed E-state index contributed by atoms with van der Waals surface area (Å²) in [5.74, 6) is 0.750. The zero-order valence-electron chi connectivity index (χ0n) is 14.1. The van der Waals surface area contributed by atoms with Crippen LogP contribution in [-0.2, 0) is 0 Å². The number of hydrogen-bond donors (Lipinski definition) is 3. The molecule has 3 heteroatoms. The van der Waals surface area contributed by atoms with Gasteiger partial charge in [0, 0.05) is 37.1 Å². The van der Waals surface area contributed by atoms with E-state index < -0.39 is 0 Å². The zero-order chi connectivity index (χ0) is 15.7. The Kier molecular flexibility index (Phi) is 4.44. The van der Waals surface area contributed by atoms with Gasteiger partial charge < -0.3 is 16.4 Å². The summed E-state index contributed by atoms with van der Waals surface area (Å²) in [5.41, 5.74) is 8.05. The lowest BCUT2D eigenvalue weighted by Gasteiger charge is -2.29. The van der Waals surface area contributed by atoms with Crippen LogP contribution in [0, 0.1) is 5.41 Å². The summed E-state index contributed by atoms with van der Waals surface area (Å²) in [4.78, 5) is 0. The third-order valence-electron chi connectivity index (χ3n) is 6.25. The monoisotopic (exact) mass is 313 g/mol. The highest BCUT2D eigenvalue weighted by atomic mass is 15.0. The Balaban J connectivity index is 1.18. The van der Waals surface area contributed by atoms with Crippen LogP contribution >= 0.6 is 0 Å². The molecule has 0 radical (unpaired) electrons. The average molecular weight is 313 g/mol. The van der Waals surface area contributed by atoms with E-state index in [1.807, 2.05) is 0 Å². The topological polar surface area (TPSA) is 50.1 Å². The maximum atomic E-state index is 6.00. The Morgan fingerprint density at radius 1 is 0.957 bits per heavy atom. The molecule has 3 saturated carbocycles. The molecule has 1 aromatic carbocycles. The van der Waals surface area contributed by atoms with Gasteiger partial charge in [0.15, 0.2) is 0 Å². The van der Waals surface area contributed by atoms with Gasteiger partial charge in [0.2, 0.25) is 0 Å². The molecule has 3 aliphatic rings. The summed E-state index contributed by atoms with van der Waals surface area (Å²) in [6, 6.07) is 12.8. The molecule has 4 N–H and O–H groups in total. The molecule has 1 unspecified atom stereocenters. The molecule has 0 spiro atoms. The molecule has 0 bridgehead atoms. The van der Waals surface area contributed by atoms with Crippen LogP contribution in [0.15, 0.2) is 30.3 Å². The Morgan fingerprint density at radius 3 is 2.35 bits per heavy atom. The van der Waals surface area contributed by atoms with Crippen molar-refractivity contribution in [1.82, 2.24) is 10.6 Å². The van der Waals surface area contributed by atoms with Crippen molar-refractivity contribution in [2.45, 2.75) is 69.0 Å². The first-order valence-corrected chi connectivity index (χ1v) is 9.51. The van der Waals surface area contributed by atoms with E-state index in [-0.39, 0.29) is 0 Å². The second kappa shape index (κ2) is 6.54. The van der Waals surface area contributed by atoms with Crippen molar-refractivity contribution in [2.75, 3.05) is 13.1 Å². The molecule has 2 atom stereocenters. The SMILES string of the molecule is NC1CCC(NCC2(CNC3C[C@@H]3c3ccccc3)CC2)CC1. The highest BCUT2D eigenvalue weighted by Crippen LogP contribution is 2.47. The van der Waals surface area contributed by atoms with E-state index in [2.05, 4.69) is 41.0 Å². The largest absolute Gasteiger partial charge is 0.328 e. The van der Waals surface area contributed by atoms with Crippen LogP contribution in [0.4, 0.5) is 0 Å². The third kappa shape index (κ3) is 3.96. The maximum Gasteiger partial charge on any atom is 0.0143 e. The number of benzene rings is 1. The average Bonchev–Trinajstić information content (AvgIpc) is 3.49. The zero-order valence-corrected chi connectivity index (χ0v) is 14.1. The molecule has 0 aliphatic heterocycles. The van der Waals surface area contributed by atoms with Crippen molar-refractivity contribution in [3.8, 4) is 0 Å². The van der Waals surface area contributed by atoms with Crippen LogP contribution in [-0.4, -0.2) is 31.2 Å². The van der Waals surface area contributed by atoms with E-state index in [1.54, 1.807) is 0 Å². The number of hydrogen-bond acceptors (Lipinski definition) is 3. The minimum Gasteiger partial charge on any atom is -0.328 e.